The van der Waals surface area contributed by atoms with Crippen molar-refractivity contribution in [1.82, 2.24) is 0 Å². The molecule has 0 aromatic carbocycles. The van der Waals surface area contributed by atoms with Crippen LogP contribution in [0.2, 0.25) is 0 Å². The van der Waals surface area contributed by atoms with Crippen LogP contribution in [0.3, 0.4) is 0 Å². The Hall–Kier alpha value is -0.410. The van der Waals surface area contributed by atoms with E-state index in [0.717, 1.165) is 6.42 Å². The third kappa shape index (κ3) is 1.28. The summed E-state index contributed by atoms with van der Waals surface area (Å²) in [6.07, 6.45) is 0.965. The number of Topliss-reactive ketones (excluding diaryl/α,β-unsaturated/α-hetero) is 1. The molecule has 0 heterocycles. The zero-order valence-electron chi connectivity index (χ0n) is 5.34. The summed E-state index contributed by atoms with van der Waals surface area (Å²) in [7, 11) is 0. The van der Waals surface area contributed by atoms with Gasteiger partial charge in [0.2, 0.25) is 0 Å². The second-order valence-electron chi connectivity index (χ2n) is 2.51. The van der Waals surface area contributed by atoms with Crippen molar-refractivity contribution in [3.05, 3.63) is 0 Å². The fraction of sp³-hybridized carbons (Fsp3) is 0.833. The quantitative estimate of drug-likeness (QED) is 0.518. The molecule has 1 rings (SSSR count). The Morgan fingerprint density at radius 1 is 1.56 bits per heavy atom. The fourth-order valence-electron chi connectivity index (χ4n) is 1.05. The number of ketones is 1. The molecule has 3 heteroatoms. The highest BCUT2D eigenvalue weighted by atomic mass is 16.1. The summed E-state index contributed by atoms with van der Waals surface area (Å²) in [6, 6.07) is 0. The van der Waals surface area contributed by atoms with Crippen LogP contribution in [0.4, 0.5) is 0 Å². The van der Waals surface area contributed by atoms with Gasteiger partial charge in [-0.15, -0.1) is 0 Å². The Kier molecular flexibility index (Phi) is 1.83. The van der Waals surface area contributed by atoms with Gasteiger partial charge in [-0.2, -0.15) is 0 Å². The maximum absolute atomic E-state index is 10.8. The Bertz CT molecular complexity index is 124. The molecule has 1 aliphatic rings. The molecule has 0 aliphatic heterocycles. The van der Waals surface area contributed by atoms with Gasteiger partial charge in [0.05, 0.1) is 6.54 Å². The number of hydrogen-bond acceptors (Lipinski definition) is 3. The van der Waals surface area contributed by atoms with Crippen molar-refractivity contribution in [2.45, 2.75) is 6.42 Å². The summed E-state index contributed by atoms with van der Waals surface area (Å²) >= 11 is 0. The Labute approximate surface area is 54.4 Å². The molecule has 4 N–H and O–H groups in total. The lowest BCUT2D eigenvalue weighted by Gasteiger charge is -1.90. The monoisotopic (exact) mass is 128 g/mol. The van der Waals surface area contributed by atoms with Gasteiger partial charge in [0.1, 0.15) is 5.78 Å². The van der Waals surface area contributed by atoms with E-state index in [2.05, 4.69) is 0 Å². The molecule has 2 unspecified atom stereocenters. The molecule has 52 valence electrons. The highest BCUT2D eigenvalue weighted by molar-refractivity contribution is 5.85. The van der Waals surface area contributed by atoms with Crippen molar-refractivity contribution in [2.75, 3.05) is 13.1 Å². The smallest absolute Gasteiger partial charge is 0.149 e. The van der Waals surface area contributed by atoms with E-state index in [9.17, 15) is 4.79 Å². The van der Waals surface area contributed by atoms with Crippen molar-refractivity contribution >= 4 is 5.78 Å². The summed E-state index contributed by atoms with van der Waals surface area (Å²) < 4.78 is 0. The number of rotatable bonds is 3. The van der Waals surface area contributed by atoms with Gasteiger partial charge in [-0.05, 0) is 18.9 Å². The molecule has 1 saturated carbocycles. The normalized spacial score (nSPS) is 32.2. The van der Waals surface area contributed by atoms with Gasteiger partial charge in [-0.25, -0.2) is 0 Å². The molecule has 0 bridgehead atoms. The average Bonchev–Trinajstić information content (AvgIpc) is 2.64. The molecule has 1 fully saturated rings. The molecule has 0 aromatic rings. The molecular formula is C6H12N2O. The molecule has 3 nitrogen and oxygen atoms in total. The highest BCUT2D eigenvalue weighted by Crippen LogP contribution is 2.37. The van der Waals surface area contributed by atoms with Gasteiger partial charge in [-0.3, -0.25) is 4.79 Å². The lowest BCUT2D eigenvalue weighted by Crippen LogP contribution is -2.17. The summed E-state index contributed by atoms with van der Waals surface area (Å²) in [5.41, 5.74) is 10.5. The number of hydrogen-bond donors (Lipinski definition) is 2. The first-order valence-corrected chi connectivity index (χ1v) is 3.22. The zero-order chi connectivity index (χ0) is 6.85. The van der Waals surface area contributed by atoms with Crippen LogP contribution in [0.15, 0.2) is 0 Å². The maximum Gasteiger partial charge on any atom is 0.149 e. The van der Waals surface area contributed by atoms with E-state index in [-0.39, 0.29) is 18.2 Å². The predicted molar refractivity (Wildman–Crippen MR) is 34.7 cm³/mol. The number of carbonyl (C=O) groups is 1. The first-order valence-electron chi connectivity index (χ1n) is 3.22. The van der Waals surface area contributed by atoms with Crippen LogP contribution < -0.4 is 11.5 Å². The molecule has 0 aromatic heterocycles. The molecule has 2 atom stereocenters. The lowest BCUT2D eigenvalue weighted by molar-refractivity contribution is -0.119. The summed E-state index contributed by atoms with van der Waals surface area (Å²) in [5, 5.41) is 0. The van der Waals surface area contributed by atoms with Crippen LogP contribution in [0.5, 0.6) is 0 Å². The van der Waals surface area contributed by atoms with E-state index in [1.165, 1.54) is 0 Å². The van der Waals surface area contributed by atoms with Crippen molar-refractivity contribution in [3.8, 4) is 0 Å². The SMILES string of the molecule is NCC(=O)C1CC1CN. The summed E-state index contributed by atoms with van der Waals surface area (Å²) in [6.45, 7) is 0.817. The minimum atomic E-state index is 0.172. The summed E-state index contributed by atoms with van der Waals surface area (Å²) in [4.78, 5) is 10.8. The Morgan fingerprint density at radius 2 is 2.22 bits per heavy atom. The maximum atomic E-state index is 10.8. The third-order valence-electron chi connectivity index (χ3n) is 1.84. The molecule has 0 saturated heterocycles. The van der Waals surface area contributed by atoms with Crippen molar-refractivity contribution in [1.29, 1.82) is 0 Å². The van der Waals surface area contributed by atoms with Crippen molar-refractivity contribution < 1.29 is 4.79 Å². The molecule has 0 spiro atoms. The second-order valence-corrected chi connectivity index (χ2v) is 2.51. The van der Waals surface area contributed by atoms with E-state index in [0.29, 0.717) is 12.5 Å². The largest absolute Gasteiger partial charge is 0.330 e. The molecule has 1 aliphatic carbocycles. The molecule has 9 heavy (non-hydrogen) atoms. The zero-order valence-corrected chi connectivity index (χ0v) is 5.34. The van der Waals surface area contributed by atoms with E-state index in [1.54, 1.807) is 0 Å². The second kappa shape index (κ2) is 2.45. The minimum Gasteiger partial charge on any atom is -0.330 e. The van der Waals surface area contributed by atoms with Gasteiger partial charge in [0.15, 0.2) is 0 Å². The fourth-order valence-corrected chi connectivity index (χ4v) is 1.05. The average molecular weight is 128 g/mol. The van der Waals surface area contributed by atoms with Crippen LogP contribution >= 0.6 is 0 Å². The van der Waals surface area contributed by atoms with Crippen molar-refractivity contribution in [2.24, 2.45) is 23.3 Å². The predicted octanol–water partition coefficient (Wildman–Crippen LogP) is -0.891. The number of carbonyl (C=O) groups excluding carboxylic acids is 1. The van der Waals surface area contributed by atoms with Gasteiger partial charge < -0.3 is 11.5 Å². The third-order valence-corrected chi connectivity index (χ3v) is 1.84. The van der Waals surface area contributed by atoms with Crippen LogP contribution in [-0.4, -0.2) is 18.9 Å². The first kappa shape index (κ1) is 6.71. The standard InChI is InChI=1S/C6H12N2O/c7-2-4-1-5(4)6(9)3-8/h4-5H,1-3,7-8H2. The van der Waals surface area contributed by atoms with E-state index < -0.39 is 0 Å². The van der Waals surface area contributed by atoms with Crippen LogP contribution in [0.25, 0.3) is 0 Å². The topological polar surface area (TPSA) is 69.1 Å². The Balaban J connectivity index is 2.25. The van der Waals surface area contributed by atoms with E-state index in [4.69, 9.17) is 11.5 Å². The summed E-state index contributed by atoms with van der Waals surface area (Å²) in [5.74, 6) is 0.825. The Morgan fingerprint density at radius 3 is 2.56 bits per heavy atom. The highest BCUT2D eigenvalue weighted by Gasteiger charge is 2.40. The van der Waals surface area contributed by atoms with Gasteiger partial charge in [0, 0.05) is 5.92 Å². The van der Waals surface area contributed by atoms with Crippen LogP contribution in [0, 0.1) is 11.8 Å². The molecule has 0 amide bonds. The van der Waals surface area contributed by atoms with Crippen LogP contribution in [0.1, 0.15) is 6.42 Å². The number of nitrogens with two attached hydrogens (primary N) is 2. The van der Waals surface area contributed by atoms with Crippen molar-refractivity contribution in [3.63, 3.8) is 0 Å². The first-order chi connectivity index (χ1) is 4.29. The van der Waals surface area contributed by atoms with Gasteiger partial charge >= 0.3 is 0 Å². The lowest BCUT2D eigenvalue weighted by atomic mass is 10.2. The van der Waals surface area contributed by atoms with E-state index in [1.807, 2.05) is 0 Å². The van der Waals surface area contributed by atoms with E-state index >= 15 is 0 Å². The molecule has 0 radical (unpaired) electrons. The van der Waals surface area contributed by atoms with Gasteiger partial charge in [0.25, 0.3) is 0 Å². The molecular weight excluding hydrogens is 116 g/mol. The minimum absolute atomic E-state index is 0.172. The van der Waals surface area contributed by atoms with Crippen LogP contribution in [-0.2, 0) is 4.79 Å². The van der Waals surface area contributed by atoms with Gasteiger partial charge in [-0.1, -0.05) is 0 Å².